The molecule has 0 aliphatic heterocycles. The Morgan fingerprint density at radius 3 is 2.28 bits per heavy atom. The number of aromatic nitrogens is 3. The molecular weight excluding hydrogens is 370 g/mol. The Labute approximate surface area is 168 Å². The smallest absolute Gasteiger partial charge is 0.342 e. The van der Waals surface area contributed by atoms with Crippen LogP contribution in [0.4, 0.5) is 0 Å². The molecule has 1 aromatic carbocycles. The number of Topliss-reactive ketones (excluding diaryl/α,β-unsaturated/α-hetero) is 2. The van der Waals surface area contributed by atoms with Crippen LogP contribution in [0, 0.1) is 27.7 Å². The van der Waals surface area contributed by atoms with Crippen molar-refractivity contribution in [1.29, 1.82) is 0 Å². The Bertz CT molecular complexity index is 1110. The summed E-state index contributed by atoms with van der Waals surface area (Å²) in [5.41, 5.74) is 4.31. The van der Waals surface area contributed by atoms with E-state index < -0.39 is 18.4 Å². The van der Waals surface area contributed by atoms with Gasteiger partial charge in [0.2, 0.25) is 5.78 Å². The number of hydrogen-bond acceptors (Lipinski definition) is 5. The van der Waals surface area contributed by atoms with E-state index in [1.54, 1.807) is 32.4 Å². The van der Waals surface area contributed by atoms with Crippen LogP contribution in [0.25, 0.3) is 5.69 Å². The Morgan fingerprint density at radius 2 is 1.69 bits per heavy atom. The van der Waals surface area contributed by atoms with Crippen LogP contribution in [-0.2, 0) is 4.74 Å². The Balaban J connectivity index is 1.78. The molecule has 0 unspecified atom stereocenters. The molecule has 1 N–H and O–H groups in total. The summed E-state index contributed by atoms with van der Waals surface area (Å²) in [5.74, 6) is -1.12. The van der Waals surface area contributed by atoms with E-state index in [4.69, 9.17) is 4.74 Å². The number of aromatic amines is 1. The van der Waals surface area contributed by atoms with Crippen LogP contribution in [0.1, 0.15) is 60.8 Å². The molecule has 7 nitrogen and oxygen atoms in total. The average molecular weight is 393 g/mol. The van der Waals surface area contributed by atoms with Crippen LogP contribution < -0.4 is 0 Å². The second-order valence-electron chi connectivity index (χ2n) is 6.97. The molecule has 0 aliphatic carbocycles. The summed E-state index contributed by atoms with van der Waals surface area (Å²) in [7, 11) is 0. The molecule has 0 aliphatic rings. The lowest BCUT2D eigenvalue weighted by Crippen LogP contribution is -2.16. The third-order valence-corrected chi connectivity index (χ3v) is 4.90. The van der Waals surface area contributed by atoms with E-state index in [0.29, 0.717) is 33.8 Å². The van der Waals surface area contributed by atoms with Crippen molar-refractivity contribution in [2.45, 2.75) is 34.6 Å². The SMILES string of the molecule is CC(=O)c1c(C)[nH]c(C(=O)COC(=O)c2c(C)nn(-c3ccccc3)c2C)c1C. The number of H-pyrrole nitrogens is 1. The maximum absolute atomic E-state index is 12.6. The quantitative estimate of drug-likeness (QED) is 0.509. The Morgan fingerprint density at radius 1 is 1.03 bits per heavy atom. The standard InChI is InChI=1S/C22H23N3O4/c1-12-19(16(5)26)13(2)23-21(12)18(27)11-29-22(28)20-14(3)24-25(15(20)4)17-9-7-6-8-10-17/h6-10,23H,11H2,1-5H3. The minimum absolute atomic E-state index is 0.119. The molecule has 0 saturated heterocycles. The molecule has 0 radical (unpaired) electrons. The molecule has 0 bridgehead atoms. The van der Waals surface area contributed by atoms with E-state index in [1.165, 1.54) is 6.92 Å². The van der Waals surface area contributed by atoms with Crippen LogP contribution in [0.3, 0.4) is 0 Å². The van der Waals surface area contributed by atoms with Gasteiger partial charge in [-0.2, -0.15) is 5.10 Å². The third-order valence-electron chi connectivity index (χ3n) is 4.90. The lowest BCUT2D eigenvalue weighted by atomic mass is 10.1. The van der Waals surface area contributed by atoms with Crippen molar-refractivity contribution in [3.8, 4) is 5.69 Å². The van der Waals surface area contributed by atoms with E-state index in [9.17, 15) is 14.4 Å². The summed E-state index contributed by atoms with van der Waals surface area (Å²) in [6.45, 7) is 7.97. The highest BCUT2D eigenvalue weighted by Gasteiger charge is 2.24. The van der Waals surface area contributed by atoms with E-state index in [-0.39, 0.29) is 11.5 Å². The van der Waals surface area contributed by atoms with Crippen LogP contribution >= 0.6 is 0 Å². The number of carbonyl (C=O) groups is 3. The zero-order valence-corrected chi connectivity index (χ0v) is 17.1. The number of para-hydroxylation sites is 1. The van der Waals surface area contributed by atoms with Gasteiger partial charge in [-0.15, -0.1) is 0 Å². The normalized spacial score (nSPS) is 10.8. The van der Waals surface area contributed by atoms with Gasteiger partial charge in [-0.3, -0.25) is 9.59 Å². The molecule has 3 aromatic rings. The lowest BCUT2D eigenvalue weighted by Gasteiger charge is -2.06. The maximum atomic E-state index is 12.6. The molecule has 0 spiro atoms. The highest BCUT2D eigenvalue weighted by atomic mass is 16.5. The van der Waals surface area contributed by atoms with Gasteiger partial charge in [0, 0.05) is 11.3 Å². The minimum Gasteiger partial charge on any atom is -0.454 e. The van der Waals surface area contributed by atoms with Gasteiger partial charge in [-0.05, 0) is 52.3 Å². The monoisotopic (exact) mass is 393 g/mol. The number of nitrogens with zero attached hydrogens (tertiary/aromatic N) is 2. The number of rotatable bonds is 6. The van der Waals surface area contributed by atoms with E-state index in [0.717, 1.165) is 5.69 Å². The fraction of sp³-hybridized carbons (Fsp3) is 0.273. The molecule has 7 heteroatoms. The van der Waals surface area contributed by atoms with Gasteiger partial charge in [0.1, 0.15) is 5.56 Å². The van der Waals surface area contributed by atoms with Crippen molar-refractivity contribution in [1.82, 2.24) is 14.8 Å². The van der Waals surface area contributed by atoms with Crippen molar-refractivity contribution in [2.75, 3.05) is 6.61 Å². The van der Waals surface area contributed by atoms with Crippen molar-refractivity contribution >= 4 is 17.5 Å². The number of ether oxygens (including phenoxy) is 1. The van der Waals surface area contributed by atoms with E-state index >= 15 is 0 Å². The van der Waals surface area contributed by atoms with Gasteiger partial charge in [-0.25, -0.2) is 9.48 Å². The summed E-state index contributed by atoms with van der Waals surface area (Å²) in [5, 5.41) is 4.42. The maximum Gasteiger partial charge on any atom is 0.342 e. The Hall–Kier alpha value is -3.48. The van der Waals surface area contributed by atoms with Crippen LogP contribution in [-0.4, -0.2) is 38.9 Å². The second-order valence-corrected chi connectivity index (χ2v) is 6.97. The number of esters is 1. The molecule has 0 atom stereocenters. The van der Waals surface area contributed by atoms with E-state index in [2.05, 4.69) is 10.1 Å². The summed E-state index contributed by atoms with van der Waals surface area (Å²) in [6.07, 6.45) is 0. The fourth-order valence-electron chi connectivity index (χ4n) is 3.59. The number of benzene rings is 1. The van der Waals surface area contributed by atoms with Gasteiger partial charge in [0.25, 0.3) is 0 Å². The molecule has 2 aromatic heterocycles. The average Bonchev–Trinajstić information content (AvgIpc) is 3.15. The number of nitrogens with one attached hydrogen (secondary N) is 1. The molecule has 0 fully saturated rings. The van der Waals surface area contributed by atoms with Crippen molar-refractivity contribution < 1.29 is 19.1 Å². The third kappa shape index (κ3) is 3.76. The van der Waals surface area contributed by atoms with Crippen molar-refractivity contribution in [2.24, 2.45) is 0 Å². The zero-order chi connectivity index (χ0) is 21.3. The first-order chi connectivity index (χ1) is 13.7. The van der Waals surface area contributed by atoms with Gasteiger partial charge in [0.15, 0.2) is 12.4 Å². The van der Waals surface area contributed by atoms with Crippen molar-refractivity contribution in [3.05, 3.63) is 69.8 Å². The lowest BCUT2D eigenvalue weighted by molar-refractivity contribution is 0.0471. The summed E-state index contributed by atoms with van der Waals surface area (Å²) < 4.78 is 6.95. The summed E-state index contributed by atoms with van der Waals surface area (Å²) in [6, 6.07) is 9.46. The highest BCUT2D eigenvalue weighted by Crippen LogP contribution is 2.21. The predicted octanol–water partition coefficient (Wildman–Crippen LogP) is 3.68. The number of ketones is 2. The molecule has 0 saturated carbocycles. The number of hydrogen-bond donors (Lipinski definition) is 1. The molecule has 2 heterocycles. The number of aryl methyl sites for hydroxylation is 2. The van der Waals surface area contributed by atoms with Gasteiger partial charge in [-0.1, -0.05) is 18.2 Å². The number of carbonyl (C=O) groups excluding carboxylic acids is 3. The Kier molecular flexibility index (Phi) is 5.50. The van der Waals surface area contributed by atoms with Crippen LogP contribution in [0.2, 0.25) is 0 Å². The summed E-state index contributed by atoms with van der Waals surface area (Å²) >= 11 is 0. The molecule has 0 amide bonds. The van der Waals surface area contributed by atoms with Gasteiger partial charge < -0.3 is 9.72 Å². The van der Waals surface area contributed by atoms with E-state index in [1.807, 2.05) is 30.3 Å². The van der Waals surface area contributed by atoms with Crippen LogP contribution in [0.5, 0.6) is 0 Å². The predicted molar refractivity (Wildman–Crippen MR) is 108 cm³/mol. The topological polar surface area (TPSA) is 94.0 Å². The van der Waals surface area contributed by atoms with Crippen molar-refractivity contribution in [3.63, 3.8) is 0 Å². The van der Waals surface area contributed by atoms with Crippen LogP contribution in [0.15, 0.2) is 30.3 Å². The molecule has 150 valence electrons. The zero-order valence-electron chi connectivity index (χ0n) is 17.1. The second kappa shape index (κ2) is 7.87. The molecule has 3 rings (SSSR count). The minimum atomic E-state index is -0.608. The first-order valence-corrected chi connectivity index (χ1v) is 9.24. The molecular formula is C22H23N3O4. The first kappa shape index (κ1) is 20.3. The fourth-order valence-corrected chi connectivity index (χ4v) is 3.59. The largest absolute Gasteiger partial charge is 0.454 e. The van der Waals surface area contributed by atoms with Gasteiger partial charge >= 0.3 is 5.97 Å². The highest BCUT2D eigenvalue weighted by molar-refractivity contribution is 6.04. The summed E-state index contributed by atoms with van der Waals surface area (Å²) in [4.78, 5) is 39.9. The van der Waals surface area contributed by atoms with Gasteiger partial charge in [0.05, 0.1) is 22.8 Å². The first-order valence-electron chi connectivity index (χ1n) is 9.24. The molecule has 29 heavy (non-hydrogen) atoms.